The van der Waals surface area contributed by atoms with E-state index in [-0.39, 0.29) is 12.1 Å². The molecule has 114 valence electrons. The molecule has 5 nitrogen and oxygen atoms in total. The summed E-state index contributed by atoms with van der Waals surface area (Å²) in [5.41, 5.74) is 8.70. The third-order valence-corrected chi connectivity index (χ3v) is 4.03. The molecule has 0 radical (unpaired) electrons. The summed E-state index contributed by atoms with van der Waals surface area (Å²) in [4.78, 5) is 2.45. The van der Waals surface area contributed by atoms with Crippen LogP contribution < -0.4 is 5.73 Å². The van der Waals surface area contributed by atoms with Crippen LogP contribution in [0, 0.1) is 0 Å². The van der Waals surface area contributed by atoms with Crippen molar-refractivity contribution in [2.24, 2.45) is 12.8 Å². The fourth-order valence-corrected chi connectivity index (χ4v) is 2.82. The first kappa shape index (κ1) is 15.5. The zero-order valence-electron chi connectivity index (χ0n) is 13.0. The molecule has 1 saturated heterocycles. The lowest BCUT2D eigenvalue weighted by molar-refractivity contribution is -0.0402. The summed E-state index contributed by atoms with van der Waals surface area (Å²) in [6, 6.07) is 2.20. The van der Waals surface area contributed by atoms with Crippen LogP contribution in [0.2, 0.25) is 0 Å². The molecule has 1 aliphatic rings. The molecule has 2 rings (SSSR count). The average Bonchev–Trinajstić information content (AvgIpc) is 2.80. The molecule has 1 aromatic heterocycles. The van der Waals surface area contributed by atoms with Crippen LogP contribution >= 0.6 is 0 Å². The molecule has 5 heteroatoms. The molecular formula is C15H28N4O. The number of morpholine rings is 1. The molecule has 2 heterocycles. The predicted octanol–water partition coefficient (Wildman–Crippen LogP) is 0.963. The summed E-state index contributed by atoms with van der Waals surface area (Å²) in [6.07, 6.45) is 3.11. The number of aromatic nitrogens is 2. The van der Waals surface area contributed by atoms with Crippen LogP contribution in [-0.2, 0) is 24.6 Å². The minimum atomic E-state index is 0.0368. The summed E-state index contributed by atoms with van der Waals surface area (Å²) in [5.74, 6) is 0. The minimum Gasteiger partial charge on any atom is -0.374 e. The highest BCUT2D eigenvalue weighted by molar-refractivity contribution is 5.12. The second-order valence-corrected chi connectivity index (χ2v) is 5.68. The van der Waals surface area contributed by atoms with Gasteiger partial charge in [0.15, 0.2) is 0 Å². The van der Waals surface area contributed by atoms with Crippen LogP contribution in [0.15, 0.2) is 6.07 Å². The molecule has 2 atom stereocenters. The molecule has 2 N–H and O–H groups in total. The smallest absolute Gasteiger partial charge is 0.0856 e. The number of nitrogens with two attached hydrogens (primary N) is 1. The molecule has 0 aliphatic carbocycles. The van der Waals surface area contributed by atoms with Gasteiger partial charge in [-0.2, -0.15) is 5.10 Å². The number of hydrogen-bond donors (Lipinski definition) is 1. The molecule has 2 unspecified atom stereocenters. The number of rotatable bonds is 6. The van der Waals surface area contributed by atoms with Crippen molar-refractivity contribution >= 4 is 0 Å². The zero-order valence-corrected chi connectivity index (χ0v) is 13.0. The topological polar surface area (TPSA) is 56.3 Å². The summed E-state index contributed by atoms with van der Waals surface area (Å²) < 4.78 is 7.81. The Morgan fingerprint density at radius 1 is 1.50 bits per heavy atom. The Balaban J connectivity index is 1.93. The fourth-order valence-electron chi connectivity index (χ4n) is 2.82. The third-order valence-electron chi connectivity index (χ3n) is 4.03. The lowest BCUT2D eigenvalue weighted by atomic mass is 10.0. The second-order valence-electron chi connectivity index (χ2n) is 5.68. The average molecular weight is 280 g/mol. The van der Waals surface area contributed by atoms with Crippen LogP contribution in [0.1, 0.15) is 31.7 Å². The highest BCUT2D eigenvalue weighted by atomic mass is 16.5. The Kier molecular flexibility index (Phi) is 5.57. The van der Waals surface area contributed by atoms with Gasteiger partial charge in [-0.1, -0.05) is 13.8 Å². The van der Waals surface area contributed by atoms with Gasteiger partial charge in [0.05, 0.1) is 18.4 Å². The van der Waals surface area contributed by atoms with Crippen molar-refractivity contribution in [3.8, 4) is 0 Å². The van der Waals surface area contributed by atoms with Crippen molar-refractivity contribution in [1.82, 2.24) is 14.7 Å². The van der Waals surface area contributed by atoms with Gasteiger partial charge in [0.25, 0.3) is 0 Å². The molecule has 0 aromatic carbocycles. The van der Waals surface area contributed by atoms with E-state index in [0.717, 1.165) is 44.8 Å². The molecular weight excluding hydrogens is 252 g/mol. The van der Waals surface area contributed by atoms with Crippen LogP contribution in [0.25, 0.3) is 0 Å². The molecule has 0 saturated carbocycles. The van der Waals surface area contributed by atoms with Crippen LogP contribution in [-0.4, -0.2) is 53.1 Å². The van der Waals surface area contributed by atoms with E-state index in [1.165, 1.54) is 12.1 Å². The number of nitrogens with zero attached hydrogens (tertiary/aromatic N) is 3. The van der Waals surface area contributed by atoms with E-state index >= 15 is 0 Å². The lowest BCUT2D eigenvalue weighted by Gasteiger charge is -2.35. The highest BCUT2D eigenvalue weighted by Crippen LogP contribution is 2.13. The first-order chi connectivity index (χ1) is 9.63. The first-order valence-electron chi connectivity index (χ1n) is 7.75. The minimum absolute atomic E-state index is 0.0368. The van der Waals surface area contributed by atoms with Crippen molar-refractivity contribution in [3.63, 3.8) is 0 Å². The molecule has 0 bridgehead atoms. The van der Waals surface area contributed by atoms with Gasteiger partial charge in [-0.3, -0.25) is 9.58 Å². The predicted molar refractivity (Wildman–Crippen MR) is 80.7 cm³/mol. The standard InChI is InChI=1S/C15H28N4O/c1-4-6-19-7-8-20-15(11-19)14(16)10-13-9-12(5-2)17-18(13)3/h9,14-15H,4-8,10-11,16H2,1-3H3. The van der Waals surface area contributed by atoms with Crippen LogP contribution in [0.5, 0.6) is 0 Å². The molecule has 1 fully saturated rings. The Bertz CT molecular complexity index is 416. The quantitative estimate of drug-likeness (QED) is 0.843. The Labute approximate surface area is 122 Å². The maximum atomic E-state index is 6.37. The van der Waals surface area contributed by atoms with Gasteiger partial charge in [-0.25, -0.2) is 0 Å². The van der Waals surface area contributed by atoms with E-state index in [0.29, 0.717) is 0 Å². The van der Waals surface area contributed by atoms with Crippen LogP contribution in [0.3, 0.4) is 0 Å². The summed E-state index contributed by atoms with van der Waals surface area (Å²) in [5, 5.41) is 4.48. The van der Waals surface area contributed by atoms with E-state index in [2.05, 4.69) is 29.9 Å². The van der Waals surface area contributed by atoms with Gasteiger partial charge in [0, 0.05) is 38.3 Å². The number of ether oxygens (including phenoxy) is 1. The second kappa shape index (κ2) is 7.20. The maximum Gasteiger partial charge on any atom is 0.0856 e. The normalized spacial score (nSPS) is 22.1. The van der Waals surface area contributed by atoms with Gasteiger partial charge in [-0.05, 0) is 25.5 Å². The number of aryl methyl sites for hydroxylation is 2. The molecule has 1 aliphatic heterocycles. The van der Waals surface area contributed by atoms with E-state index in [9.17, 15) is 0 Å². The van der Waals surface area contributed by atoms with Gasteiger partial charge < -0.3 is 10.5 Å². The van der Waals surface area contributed by atoms with Gasteiger partial charge in [-0.15, -0.1) is 0 Å². The van der Waals surface area contributed by atoms with Crippen molar-refractivity contribution in [3.05, 3.63) is 17.5 Å². The van der Waals surface area contributed by atoms with Gasteiger partial charge in [0.1, 0.15) is 0 Å². The Morgan fingerprint density at radius 3 is 2.95 bits per heavy atom. The lowest BCUT2D eigenvalue weighted by Crippen LogP contribution is -2.51. The molecule has 1 aromatic rings. The van der Waals surface area contributed by atoms with E-state index in [1.54, 1.807) is 0 Å². The molecule has 0 amide bonds. The van der Waals surface area contributed by atoms with Crippen molar-refractivity contribution in [2.45, 2.75) is 45.3 Å². The summed E-state index contributed by atoms with van der Waals surface area (Å²) in [6.45, 7) is 8.25. The summed E-state index contributed by atoms with van der Waals surface area (Å²) >= 11 is 0. The van der Waals surface area contributed by atoms with Crippen molar-refractivity contribution in [1.29, 1.82) is 0 Å². The van der Waals surface area contributed by atoms with Crippen LogP contribution in [0.4, 0.5) is 0 Å². The highest BCUT2D eigenvalue weighted by Gasteiger charge is 2.26. The fraction of sp³-hybridized carbons (Fsp3) is 0.800. The van der Waals surface area contributed by atoms with Crippen molar-refractivity contribution in [2.75, 3.05) is 26.2 Å². The third kappa shape index (κ3) is 3.81. The number of hydrogen-bond acceptors (Lipinski definition) is 4. The van der Waals surface area contributed by atoms with Gasteiger partial charge >= 0.3 is 0 Å². The largest absolute Gasteiger partial charge is 0.374 e. The zero-order chi connectivity index (χ0) is 14.5. The van der Waals surface area contributed by atoms with E-state index in [4.69, 9.17) is 10.5 Å². The monoisotopic (exact) mass is 280 g/mol. The molecule has 20 heavy (non-hydrogen) atoms. The van der Waals surface area contributed by atoms with Crippen molar-refractivity contribution < 1.29 is 4.74 Å². The molecule has 0 spiro atoms. The SMILES string of the molecule is CCCN1CCOC(C(N)Cc2cc(CC)nn2C)C1. The Morgan fingerprint density at radius 2 is 2.30 bits per heavy atom. The Hall–Kier alpha value is -0.910. The van der Waals surface area contributed by atoms with Gasteiger partial charge in [0.2, 0.25) is 0 Å². The first-order valence-corrected chi connectivity index (χ1v) is 7.75. The maximum absolute atomic E-state index is 6.37. The van der Waals surface area contributed by atoms with E-state index in [1.807, 2.05) is 11.7 Å². The van der Waals surface area contributed by atoms with E-state index < -0.39 is 0 Å². The summed E-state index contributed by atoms with van der Waals surface area (Å²) in [7, 11) is 1.99.